The smallest absolute Gasteiger partial charge is 0.243 e. The van der Waals surface area contributed by atoms with Crippen molar-refractivity contribution in [3.8, 4) is 5.75 Å². The van der Waals surface area contributed by atoms with Crippen LogP contribution in [0.2, 0.25) is 5.02 Å². The van der Waals surface area contributed by atoms with Gasteiger partial charge in [0.05, 0.1) is 13.5 Å². The molecule has 0 aromatic heterocycles. The van der Waals surface area contributed by atoms with Gasteiger partial charge < -0.3 is 15.0 Å². The van der Waals surface area contributed by atoms with Gasteiger partial charge in [-0.2, -0.15) is 0 Å². The highest BCUT2D eigenvalue weighted by molar-refractivity contribution is 6.30. The van der Waals surface area contributed by atoms with E-state index in [1.165, 1.54) is 0 Å². The van der Waals surface area contributed by atoms with Gasteiger partial charge in [0, 0.05) is 24.5 Å². The van der Waals surface area contributed by atoms with Gasteiger partial charge in [0.25, 0.3) is 0 Å². The Morgan fingerprint density at radius 3 is 1.97 bits per heavy atom. The number of rotatable bonds is 12. The van der Waals surface area contributed by atoms with Crippen LogP contribution in [0.1, 0.15) is 22.3 Å². The van der Waals surface area contributed by atoms with Crippen LogP contribution < -0.4 is 10.1 Å². The van der Waals surface area contributed by atoms with Crippen LogP contribution in [0.15, 0.2) is 109 Å². The predicted octanol–water partition coefficient (Wildman–Crippen LogP) is 5.89. The molecule has 0 fully saturated rings. The first-order valence-corrected chi connectivity index (χ1v) is 13.4. The topological polar surface area (TPSA) is 58.6 Å². The molecule has 39 heavy (non-hydrogen) atoms. The Morgan fingerprint density at radius 2 is 1.36 bits per heavy atom. The molecule has 0 heterocycles. The van der Waals surface area contributed by atoms with Crippen LogP contribution >= 0.6 is 11.6 Å². The minimum absolute atomic E-state index is 0.109. The number of hydrogen-bond donors (Lipinski definition) is 1. The lowest BCUT2D eigenvalue weighted by molar-refractivity contribution is -0.140. The van der Waals surface area contributed by atoms with Crippen molar-refractivity contribution in [3.05, 3.63) is 136 Å². The number of benzene rings is 4. The molecule has 0 radical (unpaired) electrons. The van der Waals surface area contributed by atoms with Gasteiger partial charge in [0.2, 0.25) is 11.8 Å². The molecular formula is C33H33ClN2O3. The Labute approximate surface area is 235 Å². The Balaban J connectivity index is 1.57. The van der Waals surface area contributed by atoms with Crippen molar-refractivity contribution in [3.63, 3.8) is 0 Å². The van der Waals surface area contributed by atoms with Gasteiger partial charge in [-0.15, -0.1) is 0 Å². The molecule has 1 N–H and O–H groups in total. The number of hydrogen-bond acceptors (Lipinski definition) is 3. The molecule has 4 aromatic rings. The highest BCUT2D eigenvalue weighted by atomic mass is 35.5. The van der Waals surface area contributed by atoms with E-state index in [2.05, 4.69) is 5.32 Å². The van der Waals surface area contributed by atoms with E-state index in [0.29, 0.717) is 31.0 Å². The normalized spacial score (nSPS) is 11.4. The summed E-state index contributed by atoms with van der Waals surface area (Å²) in [5, 5.41) is 3.71. The molecule has 0 bridgehead atoms. The Kier molecular flexibility index (Phi) is 10.1. The second kappa shape index (κ2) is 14.2. The number of nitrogens with one attached hydrogen (secondary N) is 1. The minimum Gasteiger partial charge on any atom is -0.497 e. The van der Waals surface area contributed by atoms with E-state index in [4.69, 9.17) is 16.3 Å². The van der Waals surface area contributed by atoms with Gasteiger partial charge in [-0.3, -0.25) is 9.59 Å². The van der Waals surface area contributed by atoms with E-state index in [1.54, 1.807) is 24.1 Å². The predicted molar refractivity (Wildman–Crippen MR) is 156 cm³/mol. The fourth-order valence-corrected chi connectivity index (χ4v) is 4.58. The molecule has 0 aliphatic carbocycles. The van der Waals surface area contributed by atoms with Gasteiger partial charge in [0.1, 0.15) is 11.8 Å². The lowest BCUT2D eigenvalue weighted by Gasteiger charge is -2.32. The summed E-state index contributed by atoms with van der Waals surface area (Å²) in [6.45, 7) is 0.754. The van der Waals surface area contributed by atoms with Crippen LogP contribution in [0.25, 0.3) is 0 Å². The molecule has 0 aliphatic rings. The number of ether oxygens (including phenoxy) is 1. The quantitative estimate of drug-likeness (QED) is 0.244. The number of carbonyl (C=O) groups is 2. The van der Waals surface area contributed by atoms with Crippen molar-refractivity contribution >= 4 is 23.4 Å². The maximum atomic E-state index is 13.8. The molecule has 0 spiro atoms. The van der Waals surface area contributed by atoms with E-state index in [1.807, 2.05) is 97.1 Å². The Bertz CT molecular complexity index is 1330. The number of amides is 2. The maximum Gasteiger partial charge on any atom is 0.243 e. The minimum atomic E-state index is -0.685. The second-order valence-electron chi connectivity index (χ2n) is 9.41. The standard InChI is InChI=1S/C33H33ClN2O3/c1-39-30-18-14-25(15-19-30)20-21-35-33(38)31(22-26-8-4-2-5-9-26)36(24-28-12-16-29(34)17-13-28)32(37)23-27-10-6-3-7-11-27/h2-19,31H,20-24H2,1H3,(H,35,38)/t31-/m1/s1. The van der Waals surface area contributed by atoms with Crippen LogP contribution in [0.4, 0.5) is 0 Å². The fraction of sp³-hybridized carbons (Fsp3) is 0.212. The van der Waals surface area contributed by atoms with Gasteiger partial charge in [-0.05, 0) is 52.9 Å². The summed E-state index contributed by atoms with van der Waals surface area (Å²) in [6, 6.07) is 33.9. The third kappa shape index (κ3) is 8.45. The molecule has 6 heteroatoms. The monoisotopic (exact) mass is 540 g/mol. The Hall–Kier alpha value is -4.09. The van der Waals surface area contributed by atoms with Crippen molar-refractivity contribution in [2.45, 2.75) is 31.8 Å². The summed E-state index contributed by atoms with van der Waals surface area (Å²) in [6.07, 6.45) is 1.28. The van der Waals surface area contributed by atoms with E-state index in [0.717, 1.165) is 28.0 Å². The average molecular weight is 541 g/mol. The molecule has 1 atom stereocenters. The van der Waals surface area contributed by atoms with Crippen LogP contribution in [0.5, 0.6) is 5.75 Å². The zero-order valence-corrected chi connectivity index (χ0v) is 22.8. The van der Waals surface area contributed by atoms with Crippen LogP contribution in [0, 0.1) is 0 Å². The Morgan fingerprint density at radius 1 is 0.769 bits per heavy atom. The third-order valence-corrected chi connectivity index (χ3v) is 6.86. The maximum absolute atomic E-state index is 13.8. The molecule has 4 rings (SSSR count). The van der Waals surface area contributed by atoms with Gasteiger partial charge in [0.15, 0.2) is 0 Å². The molecule has 2 amide bonds. The number of carbonyl (C=O) groups excluding carboxylic acids is 2. The largest absolute Gasteiger partial charge is 0.497 e. The van der Waals surface area contributed by atoms with E-state index in [-0.39, 0.29) is 18.2 Å². The molecular weight excluding hydrogens is 508 g/mol. The highest BCUT2D eigenvalue weighted by Crippen LogP contribution is 2.18. The second-order valence-corrected chi connectivity index (χ2v) is 9.84. The summed E-state index contributed by atoms with van der Waals surface area (Å²) in [5.74, 6) is 0.505. The fourth-order valence-electron chi connectivity index (χ4n) is 4.45. The number of methoxy groups -OCH3 is 1. The van der Waals surface area contributed by atoms with Crippen molar-refractivity contribution in [1.29, 1.82) is 0 Å². The summed E-state index contributed by atoms with van der Waals surface area (Å²) in [4.78, 5) is 29.2. The average Bonchev–Trinajstić information content (AvgIpc) is 2.97. The van der Waals surface area contributed by atoms with E-state index < -0.39 is 6.04 Å². The van der Waals surface area contributed by atoms with E-state index in [9.17, 15) is 9.59 Å². The molecule has 0 saturated carbocycles. The summed E-state index contributed by atoms with van der Waals surface area (Å²) < 4.78 is 5.23. The lowest BCUT2D eigenvalue weighted by Crippen LogP contribution is -2.51. The third-order valence-electron chi connectivity index (χ3n) is 6.61. The molecule has 200 valence electrons. The summed E-state index contributed by atoms with van der Waals surface area (Å²) in [7, 11) is 1.64. The SMILES string of the molecule is COc1ccc(CCNC(=O)[C@@H](Cc2ccccc2)N(Cc2ccc(Cl)cc2)C(=O)Cc2ccccc2)cc1. The van der Waals surface area contributed by atoms with Crippen LogP contribution in [-0.4, -0.2) is 36.4 Å². The number of halogens is 1. The molecule has 4 aromatic carbocycles. The van der Waals surface area contributed by atoms with E-state index >= 15 is 0 Å². The van der Waals surface area contributed by atoms with Gasteiger partial charge in [-0.25, -0.2) is 0 Å². The lowest BCUT2D eigenvalue weighted by atomic mass is 10.0. The van der Waals surface area contributed by atoms with Crippen molar-refractivity contribution < 1.29 is 14.3 Å². The molecule has 0 unspecified atom stereocenters. The molecule has 0 aliphatic heterocycles. The zero-order valence-electron chi connectivity index (χ0n) is 22.1. The van der Waals surface area contributed by atoms with Crippen molar-refractivity contribution in [2.75, 3.05) is 13.7 Å². The summed E-state index contributed by atoms with van der Waals surface area (Å²) in [5.41, 5.74) is 3.89. The first kappa shape index (κ1) is 27.9. The van der Waals surface area contributed by atoms with Crippen molar-refractivity contribution in [2.24, 2.45) is 0 Å². The van der Waals surface area contributed by atoms with Crippen LogP contribution in [0.3, 0.4) is 0 Å². The molecule has 5 nitrogen and oxygen atoms in total. The first-order chi connectivity index (χ1) is 19.0. The zero-order chi connectivity index (χ0) is 27.5. The van der Waals surface area contributed by atoms with Crippen LogP contribution in [-0.2, 0) is 35.4 Å². The molecule has 0 saturated heterocycles. The van der Waals surface area contributed by atoms with Gasteiger partial charge in [-0.1, -0.05) is 96.5 Å². The summed E-state index contributed by atoms with van der Waals surface area (Å²) >= 11 is 6.11. The number of nitrogens with zero attached hydrogens (tertiary/aromatic N) is 1. The van der Waals surface area contributed by atoms with Crippen molar-refractivity contribution in [1.82, 2.24) is 10.2 Å². The first-order valence-electron chi connectivity index (χ1n) is 13.0. The van der Waals surface area contributed by atoms with Gasteiger partial charge >= 0.3 is 0 Å². The highest BCUT2D eigenvalue weighted by Gasteiger charge is 2.30.